The summed E-state index contributed by atoms with van der Waals surface area (Å²) in [6.45, 7) is 1.78. The van der Waals surface area contributed by atoms with E-state index in [1.54, 1.807) is 54.0 Å². The van der Waals surface area contributed by atoms with Crippen molar-refractivity contribution >= 4 is 56.8 Å². The molecule has 3 N–H and O–H groups in total. The Morgan fingerprint density at radius 1 is 0.943 bits per heavy atom. The second-order valence-corrected chi connectivity index (χ2v) is 14.5. The van der Waals surface area contributed by atoms with Crippen molar-refractivity contribution in [3.05, 3.63) is 93.6 Å². The van der Waals surface area contributed by atoms with E-state index in [4.69, 9.17) is 16.6 Å². The molecule has 3 amide bonds. The van der Waals surface area contributed by atoms with Crippen molar-refractivity contribution in [1.29, 1.82) is 0 Å². The van der Waals surface area contributed by atoms with Gasteiger partial charge in [-0.1, -0.05) is 17.7 Å². The Kier molecular flexibility index (Phi) is 10.8. The van der Waals surface area contributed by atoms with Gasteiger partial charge in [-0.3, -0.25) is 28.7 Å². The minimum Gasteiger partial charge on any atom is -0.388 e. The Balaban J connectivity index is 0.843. The number of aliphatic hydroxyl groups is 1. The van der Waals surface area contributed by atoms with E-state index < -0.39 is 5.60 Å². The first-order valence-corrected chi connectivity index (χ1v) is 18.7. The second-order valence-electron chi connectivity index (χ2n) is 14.1. The molecule has 1 aliphatic heterocycles. The summed E-state index contributed by atoms with van der Waals surface area (Å²) >= 11 is 6.68. The molecule has 0 saturated carbocycles. The zero-order chi connectivity index (χ0) is 37.0. The molecule has 13 nitrogen and oxygen atoms in total. The standard InChI is InChI=1S/C39H43ClN8O5/c40-36-28-5-1-2-6-31(28)45-33-21-26(8-10-29(33)36)37(51)42-15-4-3-7-35(50)47-18-13-39(53,14-19-47)23-48-25-43-32-22-27(9-11-30(32)38(48)52)44-34(49)12-17-46-20-16-41-24-46/h8-11,16,20-22,24-25,53H,1-7,12-15,17-19,23H2,(H,42,51)(H,44,49). The van der Waals surface area contributed by atoms with Crippen LogP contribution in [0.15, 0.2) is 66.2 Å². The molecule has 0 unspecified atom stereocenters. The summed E-state index contributed by atoms with van der Waals surface area (Å²) in [5, 5.41) is 19.2. The third kappa shape index (κ3) is 8.42. The molecule has 0 atom stereocenters. The van der Waals surface area contributed by atoms with E-state index in [9.17, 15) is 24.3 Å². The van der Waals surface area contributed by atoms with Crippen LogP contribution in [0.4, 0.5) is 5.69 Å². The normalized spacial score (nSPS) is 15.3. The van der Waals surface area contributed by atoms with Gasteiger partial charge in [0.1, 0.15) is 0 Å². The highest BCUT2D eigenvalue weighted by Crippen LogP contribution is 2.33. The number of aryl methyl sites for hydroxylation is 2. The number of imidazole rings is 1. The van der Waals surface area contributed by atoms with Crippen molar-refractivity contribution in [3.8, 4) is 0 Å². The summed E-state index contributed by atoms with van der Waals surface area (Å²) in [4.78, 5) is 66.5. The molecule has 3 aromatic heterocycles. The van der Waals surface area contributed by atoms with Gasteiger partial charge in [0.2, 0.25) is 11.8 Å². The highest BCUT2D eigenvalue weighted by molar-refractivity contribution is 6.36. The third-order valence-electron chi connectivity index (χ3n) is 10.3. The average molecular weight is 739 g/mol. The van der Waals surface area contributed by atoms with E-state index >= 15 is 0 Å². The van der Waals surface area contributed by atoms with Crippen LogP contribution in [0.1, 0.15) is 73.0 Å². The number of hydrogen-bond donors (Lipinski definition) is 3. The van der Waals surface area contributed by atoms with Crippen molar-refractivity contribution in [1.82, 2.24) is 34.3 Å². The lowest BCUT2D eigenvalue weighted by molar-refractivity contribution is -0.136. The number of pyridine rings is 1. The molecule has 5 aromatic rings. The number of carbonyl (C=O) groups is 3. The maximum absolute atomic E-state index is 13.3. The fourth-order valence-electron chi connectivity index (χ4n) is 7.24. The van der Waals surface area contributed by atoms with Gasteiger partial charge in [0.15, 0.2) is 0 Å². The number of rotatable bonds is 12. The van der Waals surface area contributed by atoms with E-state index in [1.807, 2.05) is 10.6 Å². The number of hydrogen-bond acceptors (Lipinski definition) is 8. The molecule has 0 radical (unpaired) electrons. The number of carbonyl (C=O) groups excluding carboxylic acids is 3. The predicted octanol–water partition coefficient (Wildman–Crippen LogP) is 4.66. The zero-order valence-electron chi connectivity index (χ0n) is 29.5. The predicted molar refractivity (Wildman–Crippen MR) is 202 cm³/mol. The van der Waals surface area contributed by atoms with Crippen molar-refractivity contribution in [2.45, 2.75) is 82.9 Å². The fourth-order valence-corrected chi connectivity index (χ4v) is 7.60. The number of benzene rings is 2. The molecule has 1 saturated heterocycles. The van der Waals surface area contributed by atoms with Crippen LogP contribution >= 0.6 is 11.6 Å². The maximum atomic E-state index is 13.3. The Labute approximate surface area is 311 Å². The Bertz CT molecular complexity index is 2210. The number of piperidine rings is 1. The minimum atomic E-state index is -1.16. The zero-order valence-corrected chi connectivity index (χ0v) is 30.3. The summed E-state index contributed by atoms with van der Waals surface area (Å²) in [6.07, 6.45) is 13.1. The maximum Gasteiger partial charge on any atom is 0.261 e. The summed E-state index contributed by atoms with van der Waals surface area (Å²) in [5.41, 5.74) is 2.97. The van der Waals surface area contributed by atoms with Gasteiger partial charge < -0.3 is 25.2 Å². The van der Waals surface area contributed by atoms with Crippen molar-refractivity contribution < 1.29 is 19.5 Å². The van der Waals surface area contributed by atoms with Crippen LogP contribution in [0.2, 0.25) is 5.02 Å². The molecule has 4 heterocycles. The average Bonchev–Trinajstić information content (AvgIpc) is 3.69. The van der Waals surface area contributed by atoms with Crippen LogP contribution in [-0.4, -0.2) is 77.0 Å². The SMILES string of the molecule is O=C(CCn1ccnc1)Nc1ccc2c(=O)n(CC3(O)CCN(C(=O)CCCCNC(=O)c4ccc5c(Cl)c6c(nc5c4)CCCC6)CC3)cnc2c1. The fraction of sp³-hybridized carbons (Fsp3) is 0.410. The molecular formula is C39H43ClN8O5. The molecule has 53 heavy (non-hydrogen) atoms. The lowest BCUT2D eigenvalue weighted by atomic mass is 9.91. The van der Waals surface area contributed by atoms with Crippen LogP contribution in [0.3, 0.4) is 0 Å². The van der Waals surface area contributed by atoms with Gasteiger partial charge in [0.05, 0.1) is 46.2 Å². The van der Waals surface area contributed by atoms with E-state index in [1.165, 1.54) is 10.9 Å². The van der Waals surface area contributed by atoms with Crippen LogP contribution in [0.5, 0.6) is 0 Å². The molecule has 2 aromatic carbocycles. The smallest absolute Gasteiger partial charge is 0.261 e. The Morgan fingerprint density at radius 2 is 1.75 bits per heavy atom. The molecule has 1 fully saturated rings. The Hall–Kier alpha value is -5.14. The van der Waals surface area contributed by atoms with E-state index in [0.29, 0.717) is 80.4 Å². The second kappa shape index (κ2) is 15.8. The summed E-state index contributed by atoms with van der Waals surface area (Å²) < 4.78 is 3.23. The molecule has 276 valence electrons. The van der Waals surface area contributed by atoms with Crippen LogP contribution in [0.25, 0.3) is 21.8 Å². The van der Waals surface area contributed by atoms with Crippen LogP contribution < -0.4 is 16.2 Å². The first-order chi connectivity index (χ1) is 25.7. The largest absolute Gasteiger partial charge is 0.388 e. The monoisotopic (exact) mass is 738 g/mol. The molecular weight excluding hydrogens is 696 g/mol. The van der Waals surface area contributed by atoms with Crippen molar-refractivity contribution in [3.63, 3.8) is 0 Å². The number of likely N-dealkylation sites (tertiary alicyclic amines) is 1. The summed E-state index contributed by atoms with van der Waals surface area (Å²) in [7, 11) is 0. The Morgan fingerprint density at radius 3 is 2.57 bits per heavy atom. The number of fused-ring (bicyclic) bond motifs is 3. The molecule has 1 aliphatic carbocycles. The topological polar surface area (TPSA) is 164 Å². The van der Waals surface area contributed by atoms with Gasteiger partial charge >= 0.3 is 0 Å². The van der Waals surface area contributed by atoms with Gasteiger partial charge in [-0.25, -0.2) is 9.97 Å². The van der Waals surface area contributed by atoms with Gasteiger partial charge in [0, 0.05) is 73.7 Å². The quantitative estimate of drug-likeness (QED) is 0.156. The van der Waals surface area contributed by atoms with E-state index in [-0.39, 0.29) is 36.2 Å². The number of nitrogens with zero attached hydrogens (tertiary/aromatic N) is 6. The molecule has 0 spiro atoms. The van der Waals surface area contributed by atoms with Gasteiger partial charge in [-0.05, 0) is 87.3 Å². The number of amides is 3. The summed E-state index contributed by atoms with van der Waals surface area (Å²) in [5.74, 6) is -0.341. The first kappa shape index (κ1) is 36.2. The van der Waals surface area contributed by atoms with Crippen molar-refractivity contribution in [2.24, 2.45) is 0 Å². The highest BCUT2D eigenvalue weighted by Gasteiger charge is 2.34. The number of unbranched alkanes of at least 4 members (excludes halogenated alkanes) is 1. The molecule has 7 rings (SSSR count). The molecule has 14 heteroatoms. The van der Waals surface area contributed by atoms with Crippen molar-refractivity contribution in [2.75, 3.05) is 25.0 Å². The lowest BCUT2D eigenvalue weighted by Gasteiger charge is -2.38. The van der Waals surface area contributed by atoms with Crippen LogP contribution in [-0.2, 0) is 35.5 Å². The minimum absolute atomic E-state index is 0.00773. The van der Waals surface area contributed by atoms with Gasteiger partial charge in [-0.2, -0.15) is 0 Å². The number of aromatic nitrogens is 5. The third-order valence-corrected chi connectivity index (χ3v) is 10.8. The number of nitrogens with one attached hydrogen (secondary N) is 2. The molecule has 2 aliphatic rings. The number of anilines is 1. The molecule has 0 bridgehead atoms. The summed E-state index contributed by atoms with van der Waals surface area (Å²) in [6, 6.07) is 10.4. The van der Waals surface area contributed by atoms with E-state index in [0.717, 1.165) is 52.9 Å². The van der Waals surface area contributed by atoms with E-state index in [2.05, 4.69) is 20.6 Å². The van der Waals surface area contributed by atoms with Gasteiger partial charge in [-0.15, -0.1) is 0 Å². The lowest BCUT2D eigenvalue weighted by Crippen LogP contribution is -2.49. The first-order valence-electron chi connectivity index (χ1n) is 18.3. The van der Waals surface area contributed by atoms with Gasteiger partial charge in [0.25, 0.3) is 11.5 Å². The number of halogens is 1. The van der Waals surface area contributed by atoms with Crippen LogP contribution in [0, 0.1) is 0 Å². The highest BCUT2D eigenvalue weighted by atomic mass is 35.5.